The van der Waals surface area contributed by atoms with Crippen LogP contribution in [0.5, 0.6) is 0 Å². The van der Waals surface area contributed by atoms with Crippen LogP contribution in [0.2, 0.25) is 0 Å². The SMILES string of the molecule is Cc1ccccc1C(=O)N[C@H](CC(C)C)C(=O)Nc1cccc(NS(N)(=O)=O)c1. The van der Waals surface area contributed by atoms with Crippen LogP contribution in [0.3, 0.4) is 0 Å². The first kappa shape index (κ1) is 22.4. The van der Waals surface area contributed by atoms with Crippen molar-refractivity contribution in [2.75, 3.05) is 10.0 Å². The number of carbonyl (C=O) groups excluding carboxylic acids is 2. The Labute approximate surface area is 171 Å². The first-order valence-corrected chi connectivity index (χ1v) is 10.7. The summed E-state index contributed by atoms with van der Waals surface area (Å²) in [5.41, 5.74) is 1.92. The molecule has 0 bridgehead atoms. The molecule has 0 spiro atoms. The Morgan fingerprint density at radius 2 is 1.69 bits per heavy atom. The summed E-state index contributed by atoms with van der Waals surface area (Å²) in [4.78, 5) is 25.5. The van der Waals surface area contributed by atoms with Crippen molar-refractivity contribution in [3.63, 3.8) is 0 Å². The van der Waals surface area contributed by atoms with Gasteiger partial charge in [-0.15, -0.1) is 0 Å². The van der Waals surface area contributed by atoms with Crippen molar-refractivity contribution in [2.24, 2.45) is 11.1 Å². The number of anilines is 2. The molecule has 8 nitrogen and oxygen atoms in total. The summed E-state index contributed by atoms with van der Waals surface area (Å²) in [6.45, 7) is 5.74. The molecule has 0 heterocycles. The molecule has 0 radical (unpaired) electrons. The minimum Gasteiger partial charge on any atom is -0.340 e. The zero-order valence-corrected chi connectivity index (χ0v) is 17.4. The van der Waals surface area contributed by atoms with Gasteiger partial charge in [0.15, 0.2) is 0 Å². The van der Waals surface area contributed by atoms with Crippen molar-refractivity contribution in [3.05, 3.63) is 59.7 Å². The lowest BCUT2D eigenvalue weighted by Crippen LogP contribution is -2.44. The second-order valence-electron chi connectivity index (χ2n) is 7.19. The van der Waals surface area contributed by atoms with Crippen LogP contribution in [0, 0.1) is 12.8 Å². The highest BCUT2D eigenvalue weighted by molar-refractivity contribution is 7.90. The Balaban J connectivity index is 2.16. The van der Waals surface area contributed by atoms with Gasteiger partial charge < -0.3 is 10.6 Å². The predicted molar refractivity (Wildman–Crippen MR) is 114 cm³/mol. The van der Waals surface area contributed by atoms with E-state index in [9.17, 15) is 18.0 Å². The molecule has 5 N–H and O–H groups in total. The van der Waals surface area contributed by atoms with Gasteiger partial charge in [0.25, 0.3) is 16.1 Å². The third-order valence-electron chi connectivity index (χ3n) is 4.11. The van der Waals surface area contributed by atoms with E-state index in [0.717, 1.165) is 5.56 Å². The summed E-state index contributed by atoms with van der Waals surface area (Å²) in [6, 6.07) is 12.5. The maximum Gasteiger partial charge on any atom is 0.296 e. The largest absolute Gasteiger partial charge is 0.340 e. The number of benzene rings is 2. The summed E-state index contributed by atoms with van der Waals surface area (Å²) in [5.74, 6) is -0.555. The van der Waals surface area contributed by atoms with Gasteiger partial charge in [-0.3, -0.25) is 14.3 Å². The molecule has 0 unspecified atom stereocenters. The molecule has 2 aromatic carbocycles. The lowest BCUT2D eigenvalue weighted by Gasteiger charge is -2.21. The Kier molecular flexibility index (Phi) is 7.35. The summed E-state index contributed by atoms with van der Waals surface area (Å²) < 4.78 is 24.5. The Morgan fingerprint density at radius 1 is 1.03 bits per heavy atom. The second-order valence-corrected chi connectivity index (χ2v) is 8.48. The Morgan fingerprint density at radius 3 is 2.31 bits per heavy atom. The highest BCUT2D eigenvalue weighted by atomic mass is 32.2. The van der Waals surface area contributed by atoms with E-state index in [-0.39, 0.29) is 17.5 Å². The molecule has 2 amide bonds. The smallest absolute Gasteiger partial charge is 0.296 e. The molecule has 0 fully saturated rings. The van der Waals surface area contributed by atoms with E-state index in [1.807, 2.05) is 32.9 Å². The lowest BCUT2D eigenvalue weighted by atomic mass is 10.0. The van der Waals surface area contributed by atoms with Crippen LogP contribution in [0.1, 0.15) is 36.2 Å². The van der Waals surface area contributed by atoms with Crippen LogP contribution < -0.4 is 20.5 Å². The molecule has 156 valence electrons. The van der Waals surface area contributed by atoms with Crippen LogP contribution in [0.4, 0.5) is 11.4 Å². The van der Waals surface area contributed by atoms with Gasteiger partial charge in [-0.25, -0.2) is 5.14 Å². The summed E-state index contributed by atoms with van der Waals surface area (Å²) >= 11 is 0. The number of hydrogen-bond acceptors (Lipinski definition) is 4. The predicted octanol–water partition coefficient (Wildman–Crippen LogP) is 2.39. The first-order valence-electron chi connectivity index (χ1n) is 9.13. The van der Waals surface area contributed by atoms with Gasteiger partial charge >= 0.3 is 0 Å². The van der Waals surface area contributed by atoms with Gasteiger partial charge in [0, 0.05) is 11.3 Å². The number of rotatable bonds is 8. The number of hydrogen-bond donors (Lipinski definition) is 4. The molecule has 0 aromatic heterocycles. The number of amides is 2. The van der Waals surface area contributed by atoms with Gasteiger partial charge in [0.1, 0.15) is 6.04 Å². The molecule has 0 aliphatic heterocycles. The average molecular weight is 419 g/mol. The summed E-state index contributed by atoms with van der Waals surface area (Å²) in [6.07, 6.45) is 0.443. The molecule has 29 heavy (non-hydrogen) atoms. The fourth-order valence-corrected chi connectivity index (χ4v) is 3.28. The zero-order chi connectivity index (χ0) is 21.6. The third kappa shape index (κ3) is 7.20. The Bertz CT molecular complexity index is 989. The van der Waals surface area contributed by atoms with Crippen LogP contribution in [0.25, 0.3) is 0 Å². The third-order valence-corrected chi connectivity index (χ3v) is 4.63. The molecule has 0 saturated carbocycles. The fraction of sp³-hybridized carbons (Fsp3) is 0.300. The van der Waals surface area contributed by atoms with E-state index in [1.165, 1.54) is 12.1 Å². The Hall–Kier alpha value is -2.91. The normalized spacial score (nSPS) is 12.3. The van der Waals surface area contributed by atoms with Gasteiger partial charge in [-0.1, -0.05) is 38.1 Å². The van der Waals surface area contributed by atoms with Crippen molar-refractivity contribution >= 4 is 33.4 Å². The van der Waals surface area contributed by atoms with Crippen LogP contribution in [-0.2, 0) is 15.0 Å². The zero-order valence-electron chi connectivity index (χ0n) is 16.6. The van der Waals surface area contributed by atoms with Gasteiger partial charge in [-0.05, 0) is 49.1 Å². The monoisotopic (exact) mass is 418 g/mol. The van der Waals surface area contributed by atoms with Gasteiger partial charge in [0.2, 0.25) is 5.91 Å². The standard InChI is InChI=1S/C20H26N4O4S/c1-13(2)11-18(23-19(25)17-10-5-4-7-14(17)3)20(26)22-15-8-6-9-16(12-15)24-29(21,27)28/h4-10,12-13,18,24H,11H2,1-3H3,(H,22,26)(H,23,25)(H2,21,27,28)/t18-/m1/s1. The van der Waals surface area contributed by atoms with Crippen molar-refractivity contribution in [3.8, 4) is 0 Å². The van der Waals surface area contributed by atoms with Crippen molar-refractivity contribution < 1.29 is 18.0 Å². The molecular formula is C20H26N4O4S. The number of nitrogens with one attached hydrogen (secondary N) is 3. The topological polar surface area (TPSA) is 130 Å². The fourth-order valence-electron chi connectivity index (χ4n) is 2.82. The van der Waals surface area contributed by atoms with Crippen molar-refractivity contribution in [1.82, 2.24) is 5.32 Å². The molecule has 2 aromatic rings. The molecule has 9 heteroatoms. The van der Waals surface area contributed by atoms with Crippen LogP contribution >= 0.6 is 0 Å². The number of carbonyl (C=O) groups is 2. The van der Waals surface area contributed by atoms with Gasteiger partial charge in [0.05, 0.1) is 5.69 Å². The van der Waals surface area contributed by atoms with Crippen molar-refractivity contribution in [1.29, 1.82) is 0 Å². The number of aryl methyl sites for hydroxylation is 1. The molecule has 0 aliphatic rings. The molecule has 2 rings (SSSR count). The first-order chi connectivity index (χ1) is 13.5. The molecule has 1 atom stereocenters. The molecule has 0 saturated heterocycles. The van der Waals surface area contributed by atoms with E-state index < -0.39 is 22.2 Å². The highest BCUT2D eigenvalue weighted by Gasteiger charge is 2.23. The van der Waals surface area contributed by atoms with E-state index in [2.05, 4.69) is 15.4 Å². The van der Waals surface area contributed by atoms with E-state index in [0.29, 0.717) is 17.7 Å². The highest BCUT2D eigenvalue weighted by Crippen LogP contribution is 2.17. The quantitative estimate of drug-likeness (QED) is 0.524. The lowest BCUT2D eigenvalue weighted by molar-refractivity contribution is -0.118. The molecule has 0 aliphatic carbocycles. The summed E-state index contributed by atoms with van der Waals surface area (Å²) in [5, 5.41) is 10.5. The summed E-state index contributed by atoms with van der Waals surface area (Å²) in [7, 11) is -3.92. The molecular weight excluding hydrogens is 392 g/mol. The minimum absolute atomic E-state index is 0.165. The second kappa shape index (κ2) is 9.53. The van der Waals surface area contributed by atoms with Crippen LogP contribution in [-0.4, -0.2) is 26.3 Å². The maximum atomic E-state index is 12.8. The maximum absolute atomic E-state index is 12.8. The van der Waals surface area contributed by atoms with Crippen molar-refractivity contribution in [2.45, 2.75) is 33.2 Å². The van der Waals surface area contributed by atoms with Crippen LogP contribution in [0.15, 0.2) is 48.5 Å². The van der Waals surface area contributed by atoms with Gasteiger partial charge in [-0.2, -0.15) is 8.42 Å². The van der Waals surface area contributed by atoms with E-state index >= 15 is 0 Å². The van der Waals surface area contributed by atoms with E-state index in [1.54, 1.807) is 24.3 Å². The van der Waals surface area contributed by atoms with E-state index in [4.69, 9.17) is 5.14 Å². The average Bonchev–Trinajstić information content (AvgIpc) is 2.59. The number of nitrogens with two attached hydrogens (primary N) is 1. The minimum atomic E-state index is -3.92.